The van der Waals surface area contributed by atoms with Gasteiger partial charge in [-0.15, -0.1) is 0 Å². The monoisotopic (exact) mass is 453 g/mol. The Hall–Kier alpha value is -3.82. The zero-order valence-corrected chi connectivity index (χ0v) is 19.0. The molecule has 1 amide bonds. The quantitative estimate of drug-likeness (QED) is 0.432. The largest absolute Gasteiger partial charge is 0.497 e. The summed E-state index contributed by atoms with van der Waals surface area (Å²) in [7, 11) is 1.52. The molecule has 1 unspecified atom stereocenters. The van der Waals surface area contributed by atoms with Crippen LogP contribution in [0.1, 0.15) is 61.5 Å². The van der Waals surface area contributed by atoms with E-state index in [2.05, 4.69) is 21.2 Å². The van der Waals surface area contributed by atoms with E-state index >= 15 is 0 Å². The number of fused-ring (bicyclic) bond motifs is 1. The van der Waals surface area contributed by atoms with Crippen LogP contribution >= 0.6 is 0 Å². The summed E-state index contributed by atoms with van der Waals surface area (Å²) in [5.41, 5.74) is 7.02. The number of carbonyl (C=O) groups excluding carboxylic acids is 2. The van der Waals surface area contributed by atoms with Gasteiger partial charge >= 0.3 is 11.7 Å². The fourth-order valence-corrected chi connectivity index (χ4v) is 4.06. The van der Waals surface area contributed by atoms with Crippen molar-refractivity contribution in [2.24, 2.45) is 0 Å². The van der Waals surface area contributed by atoms with Crippen LogP contribution in [0.5, 0.6) is 5.75 Å². The summed E-state index contributed by atoms with van der Waals surface area (Å²) >= 11 is 0. The van der Waals surface area contributed by atoms with E-state index < -0.39 is 23.5 Å². The molecule has 4 rings (SSSR count). The minimum atomic E-state index is -0.434. The van der Waals surface area contributed by atoms with Gasteiger partial charge in [0.25, 0.3) is 5.91 Å². The Morgan fingerprint density at radius 2 is 2.06 bits per heavy atom. The molecule has 10 heteroatoms. The Kier molecular flexibility index (Phi) is 6.08. The smallest absolute Gasteiger partial charge is 0.351 e. The molecule has 0 spiro atoms. The van der Waals surface area contributed by atoms with E-state index in [4.69, 9.17) is 9.47 Å². The first-order valence-electron chi connectivity index (χ1n) is 10.9. The maximum absolute atomic E-state index is 12.9. The molecule has 1 atom stereocenters. The summed E-state index contributed by atoms with van der Waals surface area (Å²) in [5, 5.41) is 3.22. The normalized spacial score (nSPS) is 17.0. The van der Waals surface area contributed by atoms with Gasteiger partial charge in [-0.05, 0) is 44.9 Å². The van der Waals surface area contributed by atoms with Gasteiger partial charge in [0.05, 0.1) is 19.3 Å². The van der Waals surface area contributed by atoms with Crippen molar-refractivity contribution in [1.29, 1.82) is 0 Å². The molecular formula is C23H27N5O5. The second-order valence-corrected chi connectivity index (χ2v) is 8.02. The Morgan fingerprint density at radius 3 is 2.73 bits per heavy atom. The van der Waals surface area contributed by atoms with Crippen molar-refractivity contribution in [3.05, 3.63) is 57.1 Å². The lowest BCUT2D eigenvalue weighted by atomic mass is 9.89. The van der Waals surface area contributed by atoms with Crippen LogP contribution in [0.4, 0.5) is 11.6 Å². The SMILES string of the molecule is CCOC(=O)C1=C(C)Nc2c(c(NNC(=O)c3cccc(OC)c3)nc(=O)n2C2CC2)C1C. The number of rotatable bonds is 7. The molecular weight excluding hydrogens is 426 g/mol. The molecule has 33 heavy (non-hydrogen) atoms. The van der Waals surface area contributed by atoms with Gasteiger partial charge in [-0.2, -0.15) is 4.98 Å². The number of amides is 1. The molecule has 0 saturated heterocycles. The summed E-state index contributed by atoms with van der Waals surface area (Å²) in [6, 6.07) is 6.74. The van der Waals surface area contributed by atoms with Gasteiger partial charge < -0.3 is 14.8 Å². The number of carbonyl (C=O) groups is 2. The molecule has 2 aromatic rings. The van der Waals surface area contributed by atoms with Crippen LogP contribution in [0.15, 0.2) is 40.3 Å². The molecule has 0 bridgehead atoms. The average molecular weight is 453 g/mol. The second kappa shape index (κ2) is 8.97. The highest BCUT2D eigenvalue weighted by molar-refractivity contribution is 5.96. The molecule has 2 heterocycles. The Labute approximate surface area is 191 Å². The number of nitrogens with one attached hydrogen (secondary N) is 3. The van der Waals surface area contributed by atoms with Crippen LogP contribution in [-0.4, -0.2) is 35.1 Å². The maximum atomic E-state index is 12.9. The number of hydrogen-bond donors (Lipinski definition) is 3. The number of benzene rings is 1. The van der Waals surface area contributed by atoms with Crippen LogP contribution in [0.2, 0.25) is 0 Å². The van der Waals surface area contributed by atoms with Crippen LogP contribution in [0.25, 0.3) is 0 Å². The lowest BCUT2D eigenvalue weighted by Gasteiger charge is -2.30. The van der Waals surface area contributed by atoms with Gasteiger partial charge in [-0.1, -0.05) is 13.0 Å². The predicted octanol–water partition coefficient (Wildman–Crippen LogP) is 2.71. The highest BCUT2D eigenvalue weighted by Gasteiger charge is 2.37. The van der Waals surface area contributed by atoms with Gasteiger partial charge in [-0.3, -0.25) is 20.2 Å². The van der Waals surface area contributed by atoms with E-state index in [-0.39, 0.29) is 18.5 Å². The highest BCUT2D eigenvalue weighted by Crippen LogP contribution is 2.44. The number of hydrazine groups is 1. The summed E-state index contributed by atoms with van der Waals surface area (Å²) in [6.07, 6.45) is 1.77. The molecule has 10 nitrogen and oxygen atoms in total. The summed E-state index contributed by atoms with van der Waals surface area (Å²) in [6.45, 7) is 5.63. The zero-order valence-electron chi connectivity index (χ0n) is 19.0. The van der Waals surface area contributed by atoms with Gasteiger partial charge in [0, 0.05) is 28.8 Å². The molecule has 0 radical (unpaired) electrons. The van der Waals surface area contributed by atoms with Crippen LogP contribution in [-0.2, 0) is 9.53 Å². The van der Waals surface area contributed by atoms with Crippen molar-refractivity contribution in [2.75, 3.05) is 24.5 Å². The van der Waals surface area contributed by atoms with E-state index in [0.717, 1.165) is 12.8 Å². The Morgan fingerprint density at radius 1 is 1.30 bits per heavy atom. The van der Waals surface area contributed by atoms with Crippen LogP contribution in [0.3, 0.4) is 0 Å². The van der Waals surface area contributed by atoms with E-state index in [1.807, 2.05) is 6.92 Å². The van der Waals surface area contributed by atoms with Crippen LogP contribution in [0, 0.1) is 0 Å². The standard InChI is InChI=1S/C23H27N5O5/c1-5-33-22(30)17-12(2)18-19(26-27-21(29)14-7-6-8-16(11-14)32-4)25-23(31)28(15-9-10-15)20(18)24-13(17)3/h6-8,11-12,15,24H,5,9-10H2,1-4H3,(H,27,29)(H,25,26,31). The van der Waals surface area contributed by atoms with E-state index in [0.29, 0.717) is 34.0 Å². The molecule has 174 valence electrons. The van der Waals surface area contributed by atoms with Crippen molar-refractivity contribution in [2.45, 2.75) is 45.6 Å². The average Bonchev–Trinajstić information content (AvgIpc) is 3.62. The van der Waals surface area contributed by atoms with Crippen molar-refractivity contribution in [3.8, 4) is 5.75 Å². The molecule has 1 saturated carbocycles. The lowest BCUT2D eigenvalue weighted by molar-refractivity contribution is -0.138. The molecule has 1 aromatic carbocycles. The molecule has 3 N–H and O–H groups in total. The molecule has 1 aliphatic heterocycles. The second-order valence-electron chi connectivity index (χ2n) is 8.02. The molecule has 1 fully saturated rings. The number of ether oxygens (including phenoxy) is 2. The predicted molar refractivity (Wildman–Crippen MR) is 122 cm³/mol. The third kappa shape index (κ3) is 4.28. The van der Waals surface area contributed by atoms with Crippen molar-refractivity contribution < 1.29 is 19.1 Å². The summed E-state index contributed by atoms with van der Waals surface area (Å²) in [5.74, 6) is 0.0178. The number of methoxy groups -OCH3 is 1. The first-order chi connectivity index (χ1) is 15.8. The first-order valence-corrected chi connectivity index (χ1v) is 10.9. The van der Waals surface area contributed by atoms with Gasteiger partial charge in [-0.25, -0.2) is 9.59 Å². The summed E-state index contributed by atoms with van der Waals surface area (Å²) in [4.78, 5) is 42.4. The third-order valence-electron chi connectivity index (χ3n) is 5.77. The number of allylic oxidation sites excluding steroid dienone is 1. The van der Waals surface area contributed by atoms with Crippen molar-refractivity contribution in [1.82, 2.24) is 15.0 Å². The fourth-order valence-electron chi connectivity index (χ4n) is 4.06. The topological polar surface area (TPSA) is 124 Å². The van der Waals surface area contributed by atoms with Crippen molar-refractivity contribution >= 4 is 23.5 Å². The lowest BCUT2D eigenvalue weighted by Crippen LogP contribution is -2.36. The number of aromatic nitrogens is 2. The molecule has 1 aliphatic carbocycles. The van der Waals surface area contributed by atoms with E-state index in [9.17, 15) is 14.4 Å². The minimum absolute atomic E-state index is 0.0656. The van der Waals surface area contributed by atoms with Gasteiger partial charge in [0.2, 0.25) is 0 Å². The van der Waals surface area contributed by atoms with Gasteiger partial charge in [0.15, 0.2) is 5.82 Å². The maximum Gasteiger partial charge on any atom is 0.351 e. The van der Waals surface area contributed by atoms with E-state index in [1.54, 1.807) is 42.7 Å². The molecule has 2 aliphatic rings. The highest BCUT2D eigenvalue weighted by atomic mass is 16.5. The number of anilines is 2. The number of esters is 1. The Bertz CT molecular complexity index is 1200. The molecule has 1 aromatic heterocycles. The van der Waals surface area contributed by atoms with E-state index in [1.165, 1.54) is 7.11 Å². The van der Waals surface area contributed by atoms with Crippen LogP contribution < -0.4 is 26.6 Å². The fraction of sp³-hybridized carbons (Fsp3) is 0.391. The number of nitrogens with zero attached hydrogens (tertiary/aromatic N) is 2. The third-order valence-corrected chi connectivity index (χ3v) is 5.77. The summed E-state index contributed by atoms with van der Waals surface area (Å²) < 4.78 is 12.0. The van der Waals surface area contributed by atoms with Crippen molar-refractivity contribution in [3.63, 3.8) is 0 Å². The van der Waals surface area contributed by atoms with Gasteiger partial charge in [0.1, 0.15) is 11.6 Å². The Balaban J connectivity index is 1.70. The first kappa shape index (κ1) is 22.4. The number of hydrogen-bond acceptors (Lipinski definition) is 8. The zero-order chi connectivity index (χ0) is 23.7. The minimum Gasteiger partial charge on any atom is -0.497 e.